The van der Waals surface area contributed by atoms with Crippen LogP contribution < -0.4 is 0 Å². The van der Waals surface area contributed by atoms with Crippen molar-refractivity contribution in [2.24, 2.45) is 5.92 Å². The molecule has 2 nitrogen and oxygen atoms in total. The van der Waals surface area contributed by atoms with Gasteiger partial charge in [-0.2, -0.15) is 0 Å². The van der Waals surface area contributed by atoms with Gasteiger partial charge in [-0.15, -0.1) is 0 Å². The van der Waals surface area contributed by atoms with Crippen molar-refractivity contribution in [1.82, 2.24) is 0 Å². The van der Waals surface area contributed by atoms with Gasteiger partial charge in [-0.05, 0) is 19.1 Å². The van der Waals surface area contributed by atoms with Crippen LogP contribution in [0.5, 0.6) is 0 Å². The Bertz CT molecular complexity index is 354. The van der Waals surface area contributed by atoms with E-state index in [0.717, 1.165) is 11.8 Å². The molecular formula is C12H12O2. The van der Waals surface area contributed by atoms with Crippen LogP contribution in [0.1, 0.15) is 22.8 Å². The molecule has 1 aromatic rings. The van der Waals surface area contributed by atoms with Gasteiger partial charge >= 0.3 is 0 Å². The third kappa shape index (κ3) is 3.04. The van der Waals surface area contributed by atoms with Crippen LogP contribution in [0.3, 0.4) is 0 Å². The normalized spacial score (nSPS) is 11.3. The minimum Gasteiger partial charge on any atom is -0.395 e. The molecule has 72 valence electrons. The first-order valence-corrected chi connectivity index (χ1v) is 4.44. The minimum atomic E-state index is -0.0132. The lowest BCUT2D eigenvalue weighted by molar-refractivity contribution is 0.112. The maximum Gasteiger partial charge on any atom is 0.150 e. The van der Waals surface area contributed by atoms with E-state index in [2.05, 4.69) is 11.8 Å². The maximum atomic E-state index is 10.4. The Balaban J connectivity index is 2.76. The molecule has 0 bridgehead atoms. The van der Waals surface area contributed by atoms with Crippen molar-refractivity contribution in [2.45, 2.75) is 6.92 Å². The zero-order chi connectivity index (χ0) is 10.4. The molecular weight excluding hydrogens is 176 g/mol. The maximum absolute atomic E-state index is 10.4. The highest BCUT2D eigenvalue weighted by molar-refractivity contribution is 5.74. The van der Waals surface area contributed by atoms with E-state index in [4.69, 9.17) is 5.11 Å². The third-order valence-corrected chi connectivity index (χ3v) is 1.78. The highest BCUT2D eigenvalue weighted by Crippen LogP contribution is 2.01. The molecule has 1 unspecified atom stereocenters. The molecule has 0 aliphatic rings. The summed E-state index contributed by atoms with van der Waals surface area (Å²) in [6, 6.07) is 7.03. The molecule has 0 aromatic heterocycles. The van der Waals surface area contributed by atoms with Crippen LogP contribution >= 0.6 is 0 Å². The molecule has 0 aliphatic heterocycles. The molecule has 0 saturated heterocycles. The number of carbonyl (C=O) groups excluding carboxylic acids is 1. The van der Waals surface area contributed by atoms with Crippen molar-refractivity contribution in [3.05, 3.63) is 35.4 Å². The van der Waals surface area contributed by atoms with E-state index in [-0.39, 0.29) is 12.5 Å². The largest absolute Gasteiger partial charge is 0.395 e. The molecule has 1 aromatic carbocycles. The number of rotatable bonds is 2. The zero-order valence-electron chi connectivity index (χ0n) is 8.03. The second-order valence-corrected chi connectivity index (χ2v) is 3.09. The molecule has 0 saturated carbocycles. The van der Waals surface area contributed by atoms with Crippen LogP contribution in [-0.4, -0.2) is 18.0 Å². The number of aliphatic hydroxyl groups excluding tert-OH is 1. The van der Waals surface area contributed by atoms with Crippen LogP contribution in [0, 0.1) is 17.8 Å². The first-order chi connectivity index (χ1) is 6.76. The van der Waals surface area contributed by atoms with E-state index in [0.29, 0.717) is 5.56 Å². The summed E-state index contributed by atoms with van der Waals surface area (Å²) in [6.07, 6.45) is 0.799. The first kappa shape index (κ1) is 10.5. The summed E-state index contributed by atoms with van der Waals surface area (Å²) in [5, 5.41) is 8.75. The van der Waals surface area contributed by atoms with Crippen LogP contribution in [-0.2, 0) is 0 Å². The van der Waals surface area contributed by atoms with Gasteiger partial charge in [-0.3, -0.25) is 4.79 Å². The Morgan fingerprint density at radius 3 is 2.57 bits per heavy atom. The number of benzene rings is 1. The van der Waals surface area contributed by atoms with Gasteiger partial charge < -0.3 is 5.11 Å². The predicted molar refractivity (Wildman–Crippen MR) is 55.0 cm³/mol. The van der Waals surface area contributed by atoms with E-state index < -0.39 is 0 Å². The Labute approximate surface area is 83.6 Å². The summed E-state index contributed by atoms with van der Waals surface area (Å²) in [4.78, 5) is 10.4. The van der Waals surface area contributed by atoms with Gasteiger partial charge in [0.1, 0.15) is 6.29 Å². The van der Waals surface area contributed by atoms with Gasteiger partial charge in [0.2, 0.25) is 0 Å². The number of aldehydes is 1. The molecule has 0 fully saturated rings. The molecule has 0 radical (unpaired) electrons. The van der Waals surface area contributed by atoms with E-state index in [1.807, 2.05) is 6.92 Å². The highest BCUT2D eigenvalue weighted by Gasteiger charge is 1.92. The summed E-state index contributed by atoms with van der Waals surface area (Å²) < 4.78 is 0. The fraction of sp³-hybridized carbons (Fsp3) is 0.250. The molecule has 2 heteroatoms. The fourth-order valence-electron chi connectivity index (χ4n) is 0.897. The molecule has 0 amide bonds. The quantitative estimate of drug-likeness (QED) is 0.563. The Morgan fingerprint density at radius 2 is 2.07 bits per heavy atom. The van der Waals surface area contributed by atoms with E-state index in [1.54, 1.807) is 24.3 Å². The Kier molecular flexibility index (Phi) is 3.90. The number of hydrogen-bond acceptors (Lipinski definition) is 2. The van der Waals surface area contributed by atoms with E-state index in [1.165, 1.54) is 0 Å². The predicted octanol–water partition coefficient (Wildman–Crippen LogP) is 1.48. The van der Waals surface area contributed by atoms with E-state index in [9.17, 15) is 4.79 Å². The van der Waals surface area contributed by atoms with Gasteiger partial charge in [0.25, 0.3) is 0 Å². The SMILES string of the molecule is CC(C#Cc1ccc(C=O)cc1)CO. The molecule has 1 atom stereocenters. The van der Waals surface area contributed by atoms with Crippen LogP contribution in [0.25, 0.3) is 0 Å². The standard InChI is InChI=1S/C12H12O2/c1-10(8-13)2-3-11-4-6-12(9-14)7-5-11/h4-7,9-10,13H,8H2,1H3. The van der Waals surface area contributed by atoms with Crippen molar-refractivity contribution in [3.8, 4) is 11.8 Å². The lowest BCUT2D eigenvalue weighted by Gasteiger charge is -1.94. The molecule has 0 heterocycles. The molecule has 1 N–H and O–H groups in total. The number of carbonyl (C=O) groups is 1. The zero-order valence-corrected chi connectivity index (χ0v) is 8.03. The van der Waals surface area contributed by atoms with Crippen molar-refractivity contribution in [3.63, 3.8) is 0 Å². The van der Waals surface area contributed by atoms with Crippen LogP contribution in [0.2, 0.25) is 0 Å². The molecule has 1 rings (SSSR count). The number of hydrogen-bond donors (Lipinski definition) is 1. The van der Waals surface area contributed by atoms with Crippen LogP contribution in [0.15, 0.2) is 24.3 Å². The van der Waals surface area contributed by atoms with Crippen molar-refractivity contribution >= 4 is 6.29 Å². The Hall–Kier alpha value is -1.59. The smallest absolute Gasteiger partial charge is 0.150 e. The topological polar surface area (TPSA) is 37.3 Å². The van der Waals surface area contributed by atoms with Gasteiger partial charge in [-0.1, -0.05) is 24.0 Å². The lowest BCUT2D eigenvalue weighted by atomic mass is 10.1. The summed E-state index contributed by atoms with van der Waals surface area (Å²) >= 11 is 0. The second kappa shape index (κ2) is 5.21. The number of aliphatic hydroxyl groups is 1. The van der Waals surface area contributed by atoms with Crippen molar-refractivity contribution in [1.29, 1.82) is 0 Å². The lowest BCUT2D eigenvalue weighted by Crippen LogP contribution is -1.95. The first-order valence-electron chi connectivity index (χ1n) is 4.44. The molecule has 14 heavy (non-hydrogen) atoms. The van der Waals surface area contributed by atoms with E-state index >= 15 is 0 Å². The van der Waals surface area contributed by atoms with Gasteiger partial charge in [0.15, 0.2) is 0 Å². The molecule has 0 spiro atoms. The monoisotopic (exact) mass is 188 g/mol. The highest BCUT2D eigenvalue weighted by atomic mass is 16.3. The van der Waals surface area contributed by atoms with Crippen molar-refractivity contribution in [2.75, 3.05) is 6.61 Å². The minimum absolute atomic E-state index is 0.0132. The summed E-state index contributed by atoms with van der Waals surface area (Å²) in [5.41, 5.74) is 1.50. The van der Waals surface area contributed by atoms with Gasteiger partial charge in [-0.25, -0.2) is 0 Å². The summed E-state index contributed by atoms with van der Waals surface area (Å²) in [6.45, 7) is 1.92. The molecule has 0 aliphatic carbocycles. The van der Waals surface area contributed by atoms with Crippen molar-refractivity contribution < 1.29 is 9.90 Å². The summed E-state index contributed by atoms with van der Waals surface area (Å²) in [7, 11) is 0. The Morgan fingerprint density at radius 1 is 1.43 bits per heavy atom. The summed E-state index contributed by atoms with van der Waals surface area (Å²) in [5.74, 6) is 5.81. The van der Waals surface area contributed by atoms with Crippen LogP contribution in [0.4, 0.5) is 0 Å². The average molecular weight is 188 g/mol. The van der Waals surface area contributed by atoms with Gasteiger partial charge in [0.05, 0.1) is 6.61 Å². The fourth-order valence-corrected chi connectivity index (χ4v) is 0.897. The van der Waals surface area contributed by atoms with Gasteiger partial charge in [0, 0.05) is 17.0 Å². The average Bonchev–Trinajstić information content (AvgIpc) is 2.26. The second-order valence-electron chi connectivity index (χ2n) is 3.09. The third-order valence-electron chi connectivity index (χ3n) is 1.78.